The zero-order valence-electron chi connectivity index (χ0n) is 10.7. The van der Waals surface area contributed by atoms with Crippen LogP contribution in [0, 0.1) is 0 Å². The van der Waals surface area contributed by atoms with E-state index in [4.69, 9.17) is 17.0 Å². The van der Waals surface area contributed by atoms with Gasteiger partial charge in [-0.1, -0.05) is 0 Å². The molecule has 1 atom stereocenters. The molecule has 1 aliphatic heterocycles. The van der Waals surface area contributed by atoms with Gasteiger partial charge in [0.05, 0.1) is 11.6 Å². The summed E-state index contributed by atoms with van der Waals surface area (Å²) < 4.78 is 5.18. The Labute approximate surface area is 107 Å². The van der Waals surface area contributed by atoms with Crippen LogP contribution in [-0.2, 0) is 9.53 Å². The third-order valence-electron chi connectivity index (χ3n) is 2.78. The van der Waals surface area contributed by atoms with Crippen LogP contribution in [0.4, 0.5) is 0 Å². The number of nitrogens with zero attached hydrogens (tertiary/aromatic N) is 1. The monoisotopic (exact) mass is 257 g/mol. The van der Waals surface area contributed by atoms with E-state index in [0.717, 1.165) is 5.70 Å². The van der Waals surface area contributed by atoms with Crippen molar-refractivity contribution < 1.29 is 9.53 Å². The van der Waals surface area contributed by atoms with Crippen molar-refractivity contribution in [2.24, 2.45) is 0 Å². The summed E-state index contributed by atoms with van der Waals surface area (Å²) in [6, 6.07) is -0.110. The van der Waals surface area contributed by atoms with Crippen LogP contribution in [0.15, 0.2) is 11.3 Å². The van der Waals surface area contributed by atoms with E-state index < -0.39 is 0 Å². The number of carbonyl (C=O) groups is 1. The molecule has 0 amide bonds. The van der Waals surface area contributed by atoms with E-state index in [-0.39, 0.29) is 12.0 Å². The maximum atomic E-state index is 11.9. The minimum Gasteiger partial charge on any atom is -0.461 e. The second kappa shape index (κ2) is 5.97. The van der Waals surface area contributed by atoms with Crippen LogP contribution in [0.25, 0.3) is 0 Å². The zero-order chi connectivity index (χ0) is 13.0. The molecule has 1 heterocycles. The van der Waals surface area contributed by atoms with Gasteiger partial charge in [-0.3, -0.25) is 0 Å². The predicted molar refractivity (Wildman–Crippen MR) is 70.5 cm³/mol. The average Bonchev–Trinajstić information content (AvgIpc) is 2.26. The topological polar surface area (TPSA) is 53.6 Å². The molecule has 0 aromatic heterocycles. The largest absolute Gasteiger partial charge is 0.461 e. The van der Waals surface area contributed by atoms with Crippen molar-refractivity contribution in [1.29, 1.82) is 0 Å². The molecule has 0 saturated carbocycles. The number of hydrogen-bond acceptors (Lipinski definition) is 4. The lowest BCUT2D eigenvalue weighted by molar-refractivity contribution is -0.139. The molecule has 0 aromatic rings. The van der Waals surface area contributed by atoms with E-state index in [1.165, 1.54) is 0 Å². The number of esters is 1. The van der Waals surface area contributed by atoms with Crippen LogP contribution < -0.4 is 10.6 Å². The molecule has 2 N–H and O–H groups in total. The highest BCUT2D eigenvalue weighted by Gasteiger charge is 2.29. The summed E-state index contributed by atoms with van der Waals surface area (Å²) in [4.78, 5) is 13.7. The molecule has 0 saturated heterocycles. The third kappa shape index (κ3) is 3.17. The van der Waals surface area contributed by atoms with Gasteiger partial charge in [-0.25, -0.2) is 4.79 Å². The van der Waals surface area contributed by atoms with E-state index in [0.29, 0.717) is 23.8 Å². The molecule has 96 valence electrons. The van der Waals surface area contributed by atoms with E-state index in [1.54, 1.807) is 4.90 Å². The van der Waals surface area contributed by atoms with Crippen molar-refractivity contribution in [3.63, 3.8) is 0 Å². The molecule has 1 unspecified atom stereocenters. The molecule has 0 radical (unpaired) electrons. The van der Waals surface area contributed by atoms with Crippen molar-refractivity contribution in [2.45, 2.75) is 19.9 Å². The second-order valence-corrected chi connectivity index (χ2v) is 4.36. The highest BCUT2D eigenvalue weighted by Crippen LogP contribution is 2.19. The Hall–Kier alpha value is -1.14. The maximum Gasteiger partial charge on any atom is 0.337 e. The summed E-state index contributed by atoms with van der Waals surface area (Å²) >= 11 is 5.15. The molecule has 0 bridgehead atoms. The Balaban J connectivity index is 2.79. The fourth-order valence-electron chi connectivity index (χ4n) is 1.65. The molecule has 1 rings (SSSR count). The van der Waals surface area contributed by atoms with Crippen molar-refractivity contribution in [3.05, 3.63) is 11.3 Å². The number of nitrogens with one attached hydrogen (secondary N) is 2. The van der Waals surface area contributed by atoms with Gasteiger partial charge >= 0.3 is 5.97 Å². The average molecular weight is 257 g/mol. The number of ether oxygens (including phenoxy) is 1. The minimum atomic E-state index is -0.285. The van der Waals surface area contributed by atoms with Crippen molar-refractivity contribution in [1.82, 2.24) is 15.5 Å². The smallest absolute Gasteiger partial charge is 0.337 e. The molecule has 0 spiro atoms. The second-order valence-electron chi connectivity index (χ2n) is 3.97. The normalized spacial score (nSPS) is 20.4. The first-order valence-corrected chi connectivity index (χ1v) is 5.96. The number of likely N-dealkylation sites (N-methyl/N-ethyl adjacent to an activating group) is 1. The van der Waals surface area contributed by atoms with Gasteiger partial charge < -0.3 is 20.3 Å². The van der Waals surface area contributed by atoms with E-state index >= 15 is 0 Å². The summed E-state index contributed by atoms with van der Waals surface area (Å²) in [5, 5.41) is 6.61. The Morgan fingerprint density at radius 1 is 1.65 bits per heavy atom. The van der Waals surface area contributed by atoms with E-state index in [2.05, 4.69) is 10.6 Å². The molecule has 5 nitrogen and oxygen atoms in total. The van der Waals surface area contributed by atoms with E-state index in [9.17, 15) is 4.79 Å². The Bertz CT molecular complexity index is 355. The summed E-state index contributed by atoms with van der Waals surface area (Å²) in [7, 11) is 3.65. The van der Waals surface area contributed by atoms with Crippen molar-refractivity contribution in [3.8, 4) is 0 Å². The highest BCUT2D eigenvalue weighted by molar-refractivity contribution is 7.80. The maximum absolute atomic E-state index is 11.9. The van der Waals surface area contributed by atoms with Gasteiger partial charge in [-0.05, 0) is 33.1 Å². The number of thiocarbonyl (C=S) groups is 1. The van der Waals surface area contributed by atoms with Gasteiger partial charge in [0.15, 0.2) is 5.11 Å². The lowest BCUT2D eigenvalue weighted by atomic mass is 10.0. The molecular weight excluding hydrogens is 238 g/mol. The summed E-state index contributed by atoms with van der Waals surface area (Å²) in [5.74, 6) is -0.285. The number of hydrogen-bond donors (Lipinski definition) is 2. The van der Waals surface area contributed by atoms with Gasteiger partial charge in [-0.15, -0.1) is 0 Å². The quantitative estimate of drug-likeness (QED) is 0.427. The molecule has 0 fully saturated rings. The first-order valence-electron chi connectivity index (χ1n) is 5.55. The predicted octanol–water partition coefficient (Wildman–Crippen LogP) is 0.231. The molecular formula is C11H19N3O2S. The van der Waals surface area contributed by atoms with Crippen LogP contribution >= 0.6 is 12.2 Å². The SMILES string of the molecule is CNCCOC(=O)C1=C(C)N(C)C(=S)NC1C. The lowest BCUT2D eigenvalue weighted by Gasteiger charge is -2.33. The van der Waals surface area contributed by atoms with Gasteiger partial charge in [-0.2, -0.15) is 0 Å². The Morgan fingerprint density at radius 3 is 2.88 bits per heavy atom. The minimum absolute atomic E-state index is 0.110. The molecule has 0 aliphatic carbocycles. The molecule has 17 heavy (non-hydrogen) atoms. The summed E-state index contributed by atoms with van der Waals surface area (Å²) in [5.41, 5.74) is 1.48. The van der Waals surface area contributed by atoms with E-state index in [1.807, 2.05) is 27.9 Å². The standard InChI is InChI=1S/C11H19N3O2S/c1-7-9(10(15)16-6-5-12-3)8(2)14(4)11(17)13-7/h7,12H,5-6H2,1-4H3,(H,13,17). The van der Waals surface area contributed by atoms with Gasteiger partial charge in [0.1, 0.15) is 6.61 Å². The third-order valence-corrected chi connectivity index (χ3v) is 3.17. The molecule has 1 aliphatic rings. The summed E-state index contributed by atoms with van der Waals surface area (Å²) in [6.45, 7) is 4.79. The number of rotatable bonds is 4. The summed E-state index contributed by atoms with van der Waals surface area (Å²) in [6.07, 6.45) is 0. The Morgan fingerprint density at radius 2 is 2.29 bits per heavy atom. The van der Waals surface area contributed by atoms with Crippen molar-refractivity contribution in [2.75, 3.05) is 27.2 Å². The van der Waals surface area contributed by atoms with Crippen LogP contribution in [0.1, 0.15) is 13.8 Å². The van der Waals surface area contributed by atoms with Crippen LogP contribution in [0.5, 0.6) is 0 Å². The van der Waals surface area contributed by atoms with Crippen LogP contribution in [-0.4, -0.2) is 49.3 Å². The molecule has 6 heteroatoms. The first-order chi connectivity index (χ1) is 7.99. The fourth-order valence-corrected chi connectivity index (χ4v) is 1.96. The van der Waals surface area contributed by atoms with Crippen LogP contribution in [0.2, 0.25) is 0 Å². The fraction of sp³-hybridized carbons (Fsp3) is 0.636. The number of carbonyl (C=O) groups excluding carboxylic acids is 1. The van der Waals surface area contributed by atoms with Crippen molar-refractivity contribution >= 4 is 23.3 Å². The Kier molecular flexibility index (Phi) is 4.89. The van der Waals surface area contributed by atoms with Crippen LogP contribution in [0.3, 0.4) is 0 Å². The van der Waals surface area contributed by atoms with Gasteiger partial charge in [0, 0.05) is 19.3 Å². The first kappa shape index (κ1) is 13.9. The number of allylic oxidation sites excluding steroid dienone is 1. The zero-order valence-corrected chi connectivity index (χ0v) is 11.5. The highest BCUT2D eigenvalue weighted by atomic mass is 32.1. The molecule has 0 aromatic carbocycles. The van der Waals surface area contributed by atoms with Gasteiger partial charge in [0.2, 0.25) is 0 Å². The lowest BCUT2D eigenvalue weighted by Crippen LogP contribution is -2.49. The van der Waals surface area contributed by atoms with Gasteiger partial charge in [0.25, 0.3) is 0 Å².